The average molecular weight is 997 g/mol. The molecule has 17 heteroatoms. The number of ether oxygens (including phenoxy) is 3. The van der Waals surface area contributed by atoms with Crippen molar-refractivity contribution in [3.63, 3.8) is 0 Å². The Bertz CT molecular complexity index is 1360. The number of primary amides is 1. The molecule has 0 aromatic heterocycles. The number of nitrogens with two attached hydrogens (primary N) is 1. The average Bonchev–Trinajstić information content (AvgIpc) is 3.32. The molecule has 7 N–H and O–H groups in total. The summed E-state index contributed by atoms with van der Waals surface area (Å²) in [5, 5.41) is 25.1. The molecule has 2 atom stereocenters. The largest absolute Gasteiger partial charge is 0.481 e. The minimum atomic E-state index is -1.42. The first-order valence-electron chi connectivity index (χ1n) is 27.4. The molecule has 0 bridgehead atoms. The van der Waals surface area contributed by atoms with Crippen LogP contribution in [0.1, 0.15) is 251 Å². The van der Waals surface area contributed by atoms with Gasteiger partial charge >= 0.3 is 30.0 Å². The summed E-state index contributed by atoms with van der Waals surface area (Å²) in [6.07, 6.45) is 32.3. The Balaban J connectivity index is 4.93. The fourth-order valence-electron chi connectivity index (χ4n) is 8.01. The van der Waals surface area contributed by atoms with E-state index < -0.39 is 78.7 Å². The molecule has 0 saturated heterocycles. The molecule has 0 aliphatic rings. The molecule has 0 heterocycles. The molecule has 0 radical (unpaired) electrons. The van der Waals surface area contributed by atoms with E-state index in [1.165, 1.54) is 141 Å². The van der Waals surface area contributed by atoms with Crippen LogP contribution in [0.25, 0.3) is 0 Å². The van der Waals surface area contributed by atoms with Crippen LogP contribution in [0.15, 0.2) is 0 Å². The standard InChI is InChI=1S/C53H96N4O13/c1-3-5-7-9-11-13-15-17-19-21-23-25-27-29-31-33-49(63)68-41-43(42-69-50(64)34-32-30-28-26-24-22-20-18-16-14-12-10-8-6-4-2)70-53(67)55-40-39-46(58)56-45(36-38-48(61)62)52(66)57-44(51(54)65)35-37-47(59)60/h43-45H,3-42H2,1-2H3,(H2,54,65)(H,55,67)(H,56,58)(H,57,66)(H,59,60)(H,61,62). The van der Waals surface area contributed by atoms with Crippen molar-refractivity contribution in [3.8, 4) is 0 Å². The van der Waals surface area contributed by atoms with E-state index in [-0.39, 0.29) is 51.9 Å². The van der Waals surface area contributed by atoms with Crippen molar-refractivity contribution in [1.82, 2.24) is 16.0 Å². The Morgan fingerprint density at radius 2 is 0.786 bits per heavy atom. The SMILES string of the molecule is CCCCCCCCCCCCCCCCCC(=O)OCC(COC(=O)CCCCCCCCCCCCCCCCC)OC(=O)NCCC(=O)NC(CCC(=O)O)C(=O)NC(CCC(=O)O)C(N)=O. The first-order chi connectivity index (χ1) is 33.8. The number of hydrogen-bond donors (Lipinski definition) is 6. The maximum absolute atomic E-state index is 12.9. The van der Waals surface area contributed by atoms with Gasteiger partial charge in [0, 0.05) is 38.6 Å². The van der Waals surface area contributed by atoms with Gasteiger partial charge in [0.25, 0.3) is 0 Å². The van der Waals surface area contributed by atoms with E-state index in [9.17, 15) is 38.4 Å². The second-order valence-electron chi connectivity index (χ2n) is 18.9. The van der Waals surface area contributed by atoms with Gasteiger partial charge in [-0.2, -0.15) is 0 Å². The molecular weight excluding hydrogens is 901 g/mol. The predicted molar refractivity (Wildman–Crippen MR) is 271 cm³/mol. The molecule has 0 saturated carbocycles. The van der Waals surface area contributed by atoms with Crippen LogP contribution in [0.5, 0.6) is 0 Å². The molecule has 0 spiro atoms. The molecule has 0 aliphatic heterocycles. The Kier molecular flexibility index (Phi) is 43.9. The van der Waals surface area contributed by atoms with Gasteiger partial charge in [0.1, 0.15) is 25.3 Å². The van der Waals surface area contributed by atoms with Crippen LogP contribution in [0, 0.1) is 0 Å². The van der Waals surface area contributed by atoms with Crippen LogP contribution < -0.4 is 21.7 Å². The van der Waals surface area contributed by atoms with Gasteiger partial charge in [-0.25, -0.2) is 4.79 Å². The van der Waals surface area contributed by atoms with Gasteiger partial charge in [-0.1, -0.05) is 194 Å². The van der Waals surface area contributed by atoms with E-state index in [1.54, 1.807) is 0 Å². The Morgan fingerprint density at radius 1 is 0.443 bits per heavy atom. The third-order valence-electron chi connectivity index (χ3n) is 12.3. The Hall–Kier alpha value is -4.44. The van der Waals surface area contributed by atoms with Gasteiger partial charge in [0.2, 0.25) is 17.7 Å². The van der Waals surface area contributed by atoms with Crippen molar-refractivity contribution in [1.29, 1.82) is 0 Å². The van der Waals surface area contributed by atoms with Gasteiger partial charge in [0.15, 0.2) is 6.10 Å². The molecule has 70 heavy (non-hydrogen) atoms. The first-order valence-corrected chi connectivity index (χ1v) is 27.4. The maximum Gasteiger partial charge on any atom is 0.407 e. The van der Waals surface area contributed by atoms with Gasteiger partial charge in [0.05, 0.1) is 0 Å². The monoisotopic (exact) mass is 997 g/mol. The van der Waals surface area contributed by atoms with Crippen molar-refractivity contribution in [3.05, 3.63) is 0 Å². The Labute approximate surface area is 420 Å². The highest BCUT2D eigenvalue weighted by Crippen LogP contribution is 2.16. The van der Waals surface area contributed by atoms with Crippen LogP contribution in [0.3, 0.4) is 0 Å². The minimum Gasteiger partial charge on any atom is -0.481 e. The summed E-state index contributed by atoms with van der Waals surface area (Å²) in [7, 11) is 0. The molecule has 17 nitrogen and oxygen atoms in total. The lowest BCUT2D eigenvalue weighted by molar-refractivity contribution is -0.152. The number of rotatable bonds is 50. The van der Waals surface area contributed by atoms with Crippen LogP contribution in [-0.2, 0) is 47.8 Å². The zero-order chi connectivity index (χ0) is 51.9. The molecule has 0 aromatic carbocycles. The molecule has 0 aliphatic carbocycles. The summed E-state index contributed by atoms with van der Waals surface area (Å²) in [6, 6.07) is -2.79. The van der Waals surface area contributed by atoms with Gasteiger partial charge in [-0.15, -0.1) is 0 Å². The summed E-state index contributed by atoms with van der Waals surface area (Å²) in [5.41, 5.74) is 5.29. The summed E-state index contributed by atoms with van der Waals surface area (Å²) < 4.78 is 16.3. The molecule has 406 valence electrons. The second-order valence-corrected chi connectivity index (χ2v) is 18.9. The number of carboxylic acids is 2. The number of carbonyl (C=O) groups excluding carboxylic acids is 6. The number of alkyl carbamates (subject to hydrolysis) is 1. The molecule has 0 rings (SSSR count). The van der Waals surface area contributed by atoms with Crippen molar-refractivity contribution >= 4 is 47.7 Å². The quantitative estimate of drug-likeness (QED) is 0.0188. The number of nitrogens with one attached hydrogen (secondary N) is 3. The lowest BCUT2D eigenvalue weighted by Gasteiger charge is -2.21. The molecule has 4 amide bonds. The lowest BCUT2D eigenvalue weighted by Crippen LogP contribution is -2.53. The first kappa shape index (κ1) is 65.6. The Morgan fingerprint density at radius 3 is 1.13 bits per heavy atom. The normalized spacial score (nSPS) is 11.9. The zero-order valence-corrected chi connectivity index (χ0v) is 43.5. The number of amides is 4. The molecule has 0 aromatic rings. The number of aliphatic carboxylic acids is 2. The smallest absolute Gasteiger partial charge is 0.407 e. The van der Waals surface area contributed by atoms with E-state index in [0.717, 1.165) is 38.5 Å². The number of unbranched alkanes of at least 4 members (excludes halogenated alkanes) is 28. The van der Waals surface area contributed by atoms with Crippen LogP contribution in [0.4, 0.5) is 4.79 Å². The highest BCUT2D eigenvalue weighted by molar-refractivity contribution is 5.92. The third-order valence-corrected chi connectivity index (χ3v) is 12.3. The highest BCUT2D eigenvalue weighted by Gasteiger charge is 2.27. The fourth-order valence-corrected chi connectivity index (χ4v) is 8.01. The predicted octanol–water partition coefficient (Wildman–Crippen LogP) is 10.3. The van der Waals surface area contributed by atoms with E-state index in [0.29, 0.717) is 12.8 Å². The maximum atomic E-state index is 12.9. The molecule has 0 fully saturated rings. The van der Waals surface area contributed by atoms with E-state index in [2.05, 4.69) is 29.8 Å². The van der Waals surface area contributed by atoms with Crippen LogP contribution >= 0.6 is 0 Å². The van der Waals surface area contributed by atoms with Crippen molar-refractivity contribution in [2.45, 2.75) is 270 Å². The number of hydrogen-bond acceptors (Lipinski definition) is 11. The summed E-state index contributed by atoms with van der Waals surface area (Å²) in [6.45, 7) is 3.49. The van der Waals surface area contributed by atoms with Crippen molar-refractivity contribution < 1.29 is 62.8 Å². The topological polar surface area (TPSA) is 267 Å². The fraction of sp³-hybridized carbons (Fsp3) is 0.849. The zero-order valence-electron chi connectivity index (χ0n) is 43.5. The van der Waals surface area contributed by atoms with Crippen molar-refractivity contribution in [2.24, 2.45) is 5.73 Å². The third kappa shape index (κ3) is 43.6. The number of carbonyl (C=O) groups is 8. The van der Waals surface area contributed by atoms with E-state index in [4.69, 9.17) is 30.2 Å². The molecule has 2 unspecified atom stereocenters. The van der Waals surface area contributed by atoms with E-state index >= 15 is 0 Å². The summed E-state index contributed by atoms with van der Waals surface area (Å²) in [4.78, 5) is 97.8. The van der Waals surface area contributed by atoms with Gasteiger partial charge < -0.3 is 46.1 Å². The number of carboxylic acid groups (broad SMARTS) is 2. The van der Waals surface area contributed by atoms with E-state index in [1.807, 2.05) is 0 Å². The highest BCUT2D eigenvalue weighted by atomic mass is 16.6. The lowest BCUT2D eigenvalue weighted by atomic mass is 10.0. The summed E-state index contributed by atoms with van der Waals surface area (Å²) in [5.74, 6) is -6.12. The minimum absolute atomic E-state index is 0.197. The molecular formula is C53H96N4O13. The van der Waals surface area contributed by atoms with Crippen LogP contribution in [-0.4, -0.2) is 95.9 Å². The summed E-state index contributed by atoms with van der Waals surface area (Å²) >= 11 is 0. The number of esters is 2. The van der Waals surface area contributed by atoms with Crippen LogP contribution in [0.2, 0.25) is 0 Å². The second kappa shape index (κ2) is 46.9. The van der Waals surface area contributed by atoms with Crippen molar-refractivity contribution in [2.75, 3.05) is 19.8 Å². The van der Waals surface area contributed by atoms with Gasteiger partial charge in [-0.3, -0.25) is 33.6 Å². The van der Waals surface area contributed by atoms with Gasteiger partial charge in [-0.05, 0) is 25.7 Å².